The number of alkyl halides is 2. The van der Waals surface area contributed by atoms with E-state index < -0.39 is 12.6 Å². The minimum atomic E-state index is -2.98. The number of hydrogen-bond acceptors (Lipinski definition) is 3. The molecule has 0 spiro atoms. The number of hydrogen-bond donors (Lipinski definition) is 1. The summed E-state index contributed by atoms with van der Waals surface area (Å²) in [6.45, 7) is -2.98. The average molecular weight is 255 g/mol. The van der Waals surface area contributed by atoms with Crippen molar-refractivity contribution in [1.82, 2.24) is 0 Å². The molecule has 0 bridgehead atoms. The van der Waals surface area contributed by atoms with E-state index in [-0.39, 0.29) is 25.0 Å². The summed E-state index contributed by atoms with van der Waals surface area (Å²) in [4.78, 5) is 10.5. The summed E-state index contributed by atoms with van der Waals surface area (Å²) >= 11 is 0. The van der Waals surface area contributed by atoms with Crippen LogP contribution in [0.15, 0.2) is 18.2 Å². The lowest BCUT2D eigenvalue weighted by Gasteiger charge is -2.13. The maximum Gasteiger partial charge on any atom is 0.387 e. The monoisotopic (exact) mass is 255 g/mol. The zero-order chi connectivity index (χ0) is 13.5. The van der Waals surface area contributed by atoms with Gasteiger partial charge >= 0.3 is 12.6 Å². The van der Waals surface area contributed by atoms with Crippen LogP contribution in [0.3, 0.4) is 0 Å². The van der Waals surface area contributed by atoms with E-state index in [9.17, 15) is 13.6 Å². The van der Waals surface area contributed by atoms with Gasteiger partial charge in [0.25, 0.3) is 0 Å². The Morgan fingerprint density at radius 3 is 2.78 bits per heavy atom. The van der Waals surface area contributed by atoms with E-state index in [4.69, 9.17) is 10.4 Å². The standard InChI is InChI=1S/C12H11F2NO3/c13-12(14)18-10-3-1-2-8(6-7-15)9(10)4-5-11(16)17/h1-3,12H,4-6H2,(H,16,17). The molecule has 0 aliphatic rings. The van der Waals surface area contributed by atoms with E-state index in [2.05, 4.69) is 4.74 Å². The van der Waals surface area contributed by atoms with E-state index in [0.29, 0.717) is 11.1 Å². The number of nitrogens with zero attached hydrogens (tertiary/aromatic N) is 1. The smallest absolute Gasteiger partial charge is 0.387 e. The van der Waals surface area contributed by atoms with E-state index >= 15 is 0 Å². The average Bonchev–Trinajstić information content (AvgIpc) is 2.27. The molecule has 0 heterocycles. The Bertz CT molecular complexity index is 469. The molecule has 1 N–H and O–H groups in total. The van der Waals surface area contributed by atoms with Crippen molar-refractivity contribution in [3.05, 3.63) is 29.3 Å². The fourth-order valence-electron chi connectivity index (χ4n) is 1.58. The van der Waals surface area contributed by atoms with Crippen LogP contribution in [-0.2, 0) is 17.6 Å². The molecule has 4 nitrogen and oxygen atoms in total. The first-order chi connectivity index (χ1) is 8.54. The van der Waals surface area contributed by atoms with Gasteiger partial charge in [0.15, 0.2) is 0 Å². The number of rotatable bonds is 6. The summed E-state index contributed by atoms with van der Waals surface area (Å²) in [6.07, 6.45) is -0.132. The number of carboxylic acid groups (broad SMARTS) is 1. The molecule has 0 amide bonds. The molecule has 96 valence electrons. The number of carboxylic acids is 1. The van der Waals surface area contributed by atoms with Gasteiger partial charge in [-0.2, -0.15) is 14.0 Å². The third kappa shape index (κ3) is 4.01. The van der Waals surface area contributed by atoms with Crippen LogP contribution in [0.5, 0.6) is 5.75 Å². The van der Waals surface area contributed by atoms with Gasteiger partial charge in [0.1, 0.15) is 5.75 Å². The van der Waals surface area contributed by atoms with Crippen LogP contribution in [0.25, 0.3) is 0 Å². The molecule has 0 radical (unpaired) electrons. The Morgan fingerprint density at radius 1 is 1.50 bits per heavy atom. The lowest BCUT2D eigenvalue weighted by Crippen LogP contribution is -2.08. The third-order valence-electron chi connectivity index (χ3n) is 2.30. The normalized spacial score (nSPS) is 10.1. The predicted octanol–water partition coefficient (Wildman–Crippen LogP) is 2.37. The zero-order valence-electron chi connectivity index (χ0n) is 9.40. The number of nitriles is 1. The van der Waals surface area contributed by atoms with Crippen molar-refractivity contribution >= 4 is 5.97 Å². The van der Waals surface area contributed by atoms with Gasteiger partial charge in [-0.15, -0.1) is 0 Å². The second kappa shape index (κ2) is 6.55. The molecule has 6 heteroatoms. The molecule has 0 atom stereocenters. The van der Waals surface area contributed by atoms with Crippen molar-refractivity contribution in [2.45, 2.75) is 25.9 Å². The lowest BCUT2D eigenvalue weighted by atomic mass is 9.99. The Hall–Kier alpha value is -2.16. The molecule has 0 aliphatic heterocycles. The number of halogens is 2. The first-order valence-electron chi connectivity index (χ1n) is 5.19. The zero-order valence-corrected chi connectivity index (χ0v) is 9.40. The van der Waals surface area contributed by atoms with Crippen LogP contribution in [0.1, 0.15) is 17.5 Å². The summed E-state index contributed by atoms with van der Waals surface area (Å²) in [5, 5.41) is 17.3. The Kier molecular flexibility index (Phi) is 5.06. The van der Waals surface area contributed by atoms with Crippen molar-refractivity contribution in [2.24, 2.45) is 0 Å². The number of carbonyl (C=O) groups is 1. The minimum Gasteiger partial charge on any atom is -0.481 e. The van der Waals surface area contributed by atoms with Crippen LogP contribution in [0, 0.1) is 11.3 Å². The Labute approximate surface area is 102 Å². The van der Waals surface area contributed by atoms with Gasteiger partial charge in [-0.3, -0.25) is 4.79 Å². The first kappa shape index (κ1) is 13.9. The SMILES string of the molecule is N#CCc1cccc(OC(F)F)c1CCC(=O)O. The number of ether oxygens (including phenoxy) is 1. The number of aliphatic carboxylic acids is 1. The fraction of sp³-hybridized carbons (Fsp3) is 0.333. The molecule has 18 heavy (non-hydrogen) atoms. The highest BCUT2D eigenvalue weighted by Gasteiger charge is 2.14. The van der Waals surface area contributed by atoms with E-state index in [1.54, 1.807) is 6.07 Å². The summed E-state index contributed by atoms with van der Waals surface area (Å²) in [5.41, 5.74) is 0.860. The lowest BCUT2D eigenvalue weighted by molar-refractivity contribution is -0.136. The highest BCUT2D eigenvalue weighted by atomic mass is 19.3. The van der Waals surface area contributed by atoms with Crippen molar-refractivity contribution in [3.63, 3.8) is 0 Å². The third-order valence-corrected chi connectivity index (χ3v) is 2.30. The fourth-order valence-corrected chi connectivity index (χ4v) is 1.58. The summed E-state index contributed by atoms with van der Waals surface area (Å²) < 4.78 is 28.8. The van der Waals surface area contributed by atoms with Gasteiger partial charge in [-0.1, -0.05) is 12.1 Å². The Balaban J connectivity index is 3.04. The summed E-state index contributed by atoms with van der Waals surface area (Å²) in [5.74, 6) is -1.11. The van der Waals surface area contributed by atoms with Crippen LogP contribution in [-0.4, -0.2) is 17.7 Å². The maximum atomic E-state index is 12.2. The molecule has 1 rings (SSSR count). The largest absolute Gasteiger partial charge is 0.481 e. The highest BCUT2D eigenvalue weighted by Crippen LogP contribution is 2.26. The van der Waals surface area contributed by atoms with E-state index in [0.717, 1.165) is 0 Å². The van der Waals surface area contributed by atoms with Crippen LogP contribution in [0.4, 0.5) is 8.78 Å². The molecule has 0 aromatic heterocycles. The molecular formula is C12H11F2NO3. The molecule has 1 aromatic carbocycles. The van der Waals surface area contributed by atoms with Crippen LogP contribution >= 0.6 is 0 Å². The molecule has 0 saturated heterocycles. The molecule has 0 fully saturated rings. The molecule has 1 aromatic rings. The van der Waals surface area contributed by atoms with E-state index in [1.807, 2.05) is 6.07 Å². The summed E-state index contributed by atoms with van der Waals surface area (Å²) in [7, 11) is 0. The van der Waals surface area contributed by atoms with Crippen molar-refractivity contribution in [1.29, 1.82) is 5.26 Å². The van der Waals surface area contributed by atoms with Crippen LogP contribution < -0.4 is 4.74 Å². The topological polar surface area (TPSA) is 70.3 Å². The van der Waals surface area contributed by atoms with Gasteiger partial charge in [-0.25, -0.2) is 0 Å². The number of benzene rings is 1. The second-order valence-corrected chi connectivity index (χ2v) is 3.50. The second-order valence-electron chi connectivity index (χ2n) is 3.50. The molecule has 0 aliphatic carbocycles. The molecule has 0 unspecified atom stereocenters. The summed E-state index contributed by atoms with van der Waals surface area (Å²) in [6, 6.07) is 6.33. The van der Waals surface area contributed by atoms with Gasteiger partial charge in [-0.05, 0) is 23.6 Å². The van der Waals surface area contributed by atoms with Gasteiger partial charge < -0.3 is 9.84 Å². The minimum absolute atomic E-state index is 0.0232. The van der Waals surface area contributed by atoms with Crippen molar-refractivity contribution in [2.75, 3.05) is 0 Å². The quantitative estimate of drug-likeness (QED) is 0.847. The van der Waals surface area contributed by atoms with Gasteiger partial charge in [0.05, 0.1) is 12.5 Å². The molecule has 0 saturated carbocycles. The van der Waals surface area contributed by atoms with Crippen LogP contribution in [0.2, 0.25) is 0 Å². The van der Waals surface area contributed by atoms with Crippen molar-refractivity contribution < 1.29 is 23.4 Å². The van der Waals surface area contributed by atoms with E-state index in [1.165, 1.54) is 12.1 Å². The maximum absolute atomic E-state index is 12.2. The highest BCUT2D eigenvalue weighted by molar-refractivity contribution is 5.67. The molecular weight excluding hydrogens is 244 g/mol. The van der Waals surface area contributed by atoms with Gasteiger partial charge in [0, 0.05) is 6.42 Å². The predicted molar refractivity (Wildman–Crippen MR) is 58.3 cm³/mol. The van der Waals surface area contributed by atoms with Gasteiger partial charge in [0.2, 0.25) is 0 Å². The first-order valence-corrected chi connectivity index (χ1v) is 5.19. The Morgan fingerprint density at radius 2 is 2.22 bits per heavy atom. The van der Waals surface area contributed by atoms with Crippen molar-refractivity contribution in [3.8, 4) is 11.8 Å².